The summed E-state index contributed by atoms with van der Waals surface area (Å²) in [6, 6.07) is 59.7. The Morgan fingerprint density at radius 1 is 0.567 bits per heavy atom. The minimum Gasteiger partial charge on any atom is -0.509 e. The molecular weight excluding hydrogens is 1020 g/mol. The zero-order valence-corrected chi connectivity index (χ0v) is 42.5. The second kappa shape index (κ2) is 16.5. The van der Waals surface area contributed by atoms with E-state index >= 15 is 0 Å². The van der Waals surface area contributed by atoms with Crippen LogP contribution in [0.3, 0.4) is 0 Å². The van der Waals surface area contributed by atoms with Crippen molar-refractivity contribution in [1.29, 1.82) is 0 Å². The molecule has 7 aromatic carbocycles. The van der Waals surface area contributed by atoms with Gasteiger partial charge in [-0.3, -0.25) is 0 Å². The van der Waals surface area contributed by atoms with Gasteiger partial charge in [0.05, 0.1) is 5.52 Å². The first kappa shape index (κ1) is 44.6. The van der Waals surface area contributed by atoms with Gasteiger partial charge >= 0.3 is 0 Å². The van der Waals surface area contributed by atoms with Gasteiger partial charge in [-0.2, -0.15) is 12.1 Å². The Morgan fingerprint density at radius 2 is 1.28 bits per heavy atom. The van der Waals surface area contributed by atoms with Gasteiger partial charge < -0.3 is 19.1 Å². The number of aromatic nitrogens is 2. The maximum Gasteiger partial charge on any atom is 0.135 e. The molecule has 3 aromatic heterocycles. The zero-order valence-electron chi connectivity index (χ0n) is 39.4. The molecule has 0 fully saturated rings. The summed E-state index contributed by atoms with van der Waals surface area (Å²) in [6.45, 7) is 22.7. The van der Waals surface area contributed by atoms with Crippen LogP contribution < -0.4 is 14.5 Å². The van der Waals surface area contributed by atoms with E-state index in [1.54, 1.807) is 0 Å². The molecule has 0 radical (unpaired) electrons. The average Bonchev–Trinajstić information content (AvgIpc) is 3.97. The van der Waals surface area contributed by atoms with Crippen molar-refractivity contribution in [2.24, 2.45) is 0 Å². The summed E-state index contributed by atoms with van der Waals surface area (Å²) in [5.74, 6) is 2.08. The van der Waals surface area contributed by atoms with Crippen LogP contribution in [0.4, 0.5) is 22.7 Å². The zero-order chi connectivity index (χ0) is 45.7. The molecule has 67 heavy (non-hydrogen) atoms. The van der Waals surface area contributed by atoms with E-state index in [-0.39, 0.29) is 37.3 Å². The van der Waals surface area contributed by atoms with Crippen LogP contribution in [0.5, 0.6) is 11.5 Å². The topological polar surface area (TPSA) is 33.5 Å². The number of anilines is 4. The van der Waals surface area contributed by atoms with Crippen LogP contribution in [0.25, 0.3) is 58.9 Å². The molecule has 0 aliphatic carbocycles. The Morgan fingerprint density at radius 3 is 2.03 bits per heavy atom. The molecule has 0 amide bonds. The van der Waals surface area contributed by atoms with Crippen molar-refractivity contribution in [3.63, 3.8) is 0 Å². The molecule has 10 aromatic rings. The number of nitrogens with zero attached hydrogens (tertiary/aromatic N) is 4. The van der Waals surface area contributed by atoms with Gasteiger partial charge in [-0.15, -0.1) is 54.0 Å². The fraction of sp³-hybridized carbons (Fsp3) is 0.200. The molecule has 0 saturated carbocycles. The van der Waals surface area contributed by atoms with Gasteiger partial charge in [-0.05, 0) is 97.3 Å². The molecule has 7 heteroatoms. The molecule has 0 N–H and O–H groups in total. The maximum absolute atomic E-state index is 6.77. The molecule has 11 rings (SSSR count). The van der Waals surface area contributed by atoms with Crippen molar-refractivity contribution in [1.82, 2.24) is 9.55 Å². The van der Waals surface area contributed by atoms with Crippen LogP contribution in [0.15, 0.2) is 152 Å². The fourth-order valence-electron chi connectivity index (χ4n) is 9.22. The van der Waals surface area contributed by atoms with Gasteiger partial charge in [0.15, 0.2) is 0 Å². The first-order chi connectivity index (χ1) is 31.6. The summed E-state index contributed by atoms with van der Waals surface area (Å²) >= 11 is 1.82. The van der Waals surface area contributed by atoms with E-state index in [0.29, 0.717) is 11.5 Å². The summed E-state index contributed by atoms with van der Waals surface area (Å²) in [5.41, 5.74) is 12.3. The largest absolute Gasteiger partial charge is 0.509 e. The summed E-state index contributed by atoms with van der Waals surface area (Å²) < 4.78 is 11.5. The first-order valence-corrected chi connectivity index (χ1v) is 23.7. The van der Waals surface area contributed by atoms with E-state index in [9.17, 15) is 0 Å². The van der Waals surface area contributed by atoms with Gasteiger partial charge in [0, 0.05) is 70.6 Å². The molecule has 1 aliphatic heterocycles. The molecule has 5 nitrogen and oxygen atoms in total. The minimum atomic E-state index is -0.0532. The summed E-state index contributed by atoms with van der Waals surface area (Å²) in [5, 5.41) is 4.79. The smallest absolute Gasteiger partial charge is 0.135 e. The molecule has 338 valence electrons. The standard InChI is InChI=1S/C60H53N4OS.Pt/c1-58(2,3)41-28-29-61-54(34-41)64-51-36-47(24-25-49(51)57-56(64)55-48-21-14-13-18-39(48)23-27-53(55)66-57)65-46-20-15-19-44(35-46)62-37-63(45-32-42(59(4,5)6)31-43(33-45)60(7,8)9)52-30-40(22-26-50(52)62)38-16-11-10-12-17-38;/h10-34,37H,1-9H3;/q-3;. The van der Waals surface area contributed by atoms with Crippen molar-refractivity contribution in [3.8, 4) is 28.4 Å². The van der Waals surface area contributed by atoms with E-state index in [4.69, 9.17) is 9.72 Å². The molecule has 0 unspecified atom stereocenters. The van der Waals surface area contributed by atoms with Crippen LogP contribution in [-0.2, 0) is 37.3 Å². The van der Waals surface area contributed by atoms with Crippen molar-refractivity contribution in [2.45, 2.75) is 78.6 Å². The van der Waals surface area contributed by atoms with E-state index in [2.05, 4.69) is 223 Å². The normalized spacial score (nSPS) is 13.2. The third-order valence-electron chi connectivity index (χ3n) is 13.0. The Bertz CT molecular complexity index is 3480. The van der Waals surface area contributed by atoms with Crippen molar-refractivity contribution < 1.29 is 25.8 Å². The molecule has 0 atom stereocenters. The Balaban J connectivity index is 0.00000525. The Hall–Kier alpha value is -6.20. The number of ether oxygens (including phenoxy) is 1. The number of thiophene rings is 1. The van der Waals surface area contributed by atoms with Crippen LogP contribution >= 0.6 is 11.3 Å². The quantitative estimate of drug-likeness (QED) is 0.155. The second-order valence-electron chi connectivity index (χ2n) is 20.7. The summed E-state index contributed by atoms with van der Waals surface area (Å²) in [4.78, 5) is 9.59. The maximum atomic E-state index is 6.77. The molecule has 1 aliphatic rings. The van der Waals surface area contributed by atoms with Gasteiger partial charge in [-0.25, -0.2) is 4.98 Å². The fourth-order valence-corrected chi connectivity index (χ4v) is 10.4. The third kappa shape index (κ3) is 8.02. The second-order valence-corrected chi connectivity index (χ2v) is 21.8. The summed E-state index contributed by atoms with van der Waals surface area (Å²) in [7, 11) is 0. The Kier molecular flexibility index (Phi) is 11.0. The molecule has 0 spiro atoms. The SMILES string of the molecule is CC(C)(C)c1cc(N2[CH-]N(c3[c-]c(Oc4[c-]c5c(cc4)c4sc6ccc7ccccc7c6c4n5-c4cc(C(C)(C)C)ccn4)ccc3)c3ccc(-c4ccccc4)cc32)cc(C(C)(C)C)c1.[Pt]. The molecule has 0 saturated heterocycles. The van der Waals surface area contributed by atoms with Crippen molar-refractivity contribution >= 4 is 76.1 Å². The predicted molar refractivity (Wildman–Crippen MR) is 279 cm³/mol. The van der Waals surface area contributed by atoms with Crippen LogP contribution in [0.1, 0.15) is 79.0 Å². The summed E-state index contributed by atoms with van der Waals surface area (Å²) in [6.07, 6.45) is 1.93. The van der Waals surface area contributed by atoms with Crippen LogP contribution in [0, 0.1) is 18.8 Å². The number of pyridine rings is 1. The number of hydrogen-bond donors (Lipinski definition) is 0. The van der Waals surface area contributed by atoms with Crippen molar-refractivity contribution in [2.75, 3.05) is 9.80 Å². The van der Waals surface area contributed by atoms with E-state index in [0.717, 1.165) is 50.6 Å². The first-order valence-electron chi connectivity index (χ1n) is 22.9. The van der Waals surface area contributed by atoms with E-state index in [1.807, 2.05) is 35.7 Å². The number of benzene rings is 7. The third-order valence-corrected chi connectivity index (χ3v) is 14.2. The monoisotopic (exact) mass is 1070 g/mol. The molecular formula is C60H53N4OPtS-3. The number of fused-ring (bicyclic) bond motifs is 8. The average molecular weight is 1070 g/mol. The van der Waals surface area contributed by atoms with Gasteiger partial charge in [0.25, 0.3) is 0 Å². The van der Waals surface area contributed by atoms with Crippen molar-refractivity contribution in [3.05, 3.63) is 187 Å². The van der Waals surface area contributed by atoms with Gasteiger partial charge in [0.1, 0.15) is 5.82 Å². The van der Waals surface area contributed by atoms with Gasteiger partial charge in [-0.1, -0.05) is 146 Å². The van der Waals surface area contributed by atoms with Crippen LogP contribution in [-0.4, -0.2) is 9.55 Å². The molecule has 4 heterocycles. The number of hydrogen-bond acceptors (Lipinski definition) is 5. The minimum absolute atomic E-state index is 0. The van der Waals surface area contributed by atoms with Crippen LogP contribution in [0.2, 0.25) is 0 Å². The predicted octanol–water partition coefficient (Wildman–Crippen LogP) is 16.9. The molecule has 0 bridgehead atoms. The van der Waals surface area contributed by atoms with E-state index in [1.165, 1.54) is 47.8 Å². The van der Waals surface area contributed by atoms with E-state index < -0.39 is 0 Å². The number of rotatable bonds is 6. The van der Waals surface area contributed by atoms with Gasteiger partial charge in [0.2, 0.25) is 0 Å². The Labute approximate surface area is 412 Å².